The lowest BCUT2D eigenvalue weighted by Crippen LogP contribution is -2.40. The first kappa shape index (κ1) is 13.6. The number of benzene rings is 1. The quantitative estimate of drug-likeness (QED) is 0.897. The van der Waals surface area contributed by atoms with E-state index in [1.807, 2.05) is 0 Å². The summed E-state index contributed by atoms with van der Waals surface area (Å²) in [5.41, 5.74) is 0.865. The molecule has 0 unspecified atom stereocenters. The van der Waals surface area contributed by atoms with Crippen molar-refractivity contribution < 1.29 is 9.18 Å². The van der Waals surface area contributed by atoms with E-state index in [0.717, 1.165) is 17.4 Å². The largest absolute Gasteiger partial charge is 0.353 e. The molecule has 0 heterocycles. The van der Waals surface area contributed by atoms with Crippen LogP contribution in [0.4, 0.5) is 4.39 Å². The number of hydrogen-bond donors (Lipinski definition) is 1. The van der Waals surface area contributed by atoms with Crippen molar-refractivity contribution in [3.05, 3.63) is 35.6 Å². The van der Waals surface area contributed by atoms with Gasteiger partial charge >= 0.3 is 0 Å². The highest BCUT2D eigenvalue weighted by Crippen LogP contribution is 2.49. The van der Waals surface area contributed by atoms with Gasteiger partial charge in [-0.15, -0.1) is 0 Å². The Morgan fingerprint density at radius 1 is 1.30 bits per heavy atom. The van der Waals surface area contributed by atoms with E-state index >= 15 is 0 Å². The molecule has 4 atom stereocenters. The third-order valence-electron chi connectivity index (χ3n) is 5.10. The fourth-order valence-corrected chi connectivity index (χ4v) is 4.11. The molecule has 108 valence electrons. The normalized spacial score (nSPS) is 29.4. The summed E-state index contributed by atoms with van der Waals surface area (Å²) in [5, 5.41) is 3.14. The second kappa shape index (κ2) is 5.55. The molecule has 0 saturated heterocycles. The summed E-state index contributed by atoms with van der Waals surface area (Å²) in [7, 11) is 0. The van der Waals surface area contributed by atoms with Gasteiger partial charge in [-0.2, -0.15) is 0 Å². The summed E-state index contributed by atoms with van der Waals surface area (Å²) < 4.78 is 12.8. The molecule has 0 radical (unpaired) electrons. The van der Waals surface area contributed by atoms with Crippen molar-refractivity contribution >= 4 is 5.91 Å². The molecular weight excluding hydrogens is 253 g/mol. The van der Waals surface area contributed by atoms with E-state index in [4.69, 9.17) is 0 Å². The molecule has 2 aliphatic carbocycles. The van der Waals surface area contributed by atoms with E-state index in [1.54, 1.807) is 12.1 Å². The van der Waals surface area contributed by atoms with Crippen molar-refractivity contribution in [2.45, 2.75) is 45.1 Å². The zero-order valence-corrected chi connectivity index (χ0v) is 11.9. The lowest BCUT2D eigenvalue weighted by atomic mass is 9.84. The highest BCUT2D eigenvalue weighted by Gasteiger charge is 2.42. The zero-order valence-electron chi connectivity index (χ0n) is 11.9. The molecule has 2 aliphatic rings. The summed E-state index contributed by atoms with van der Waals surface area (Å²) in [6.45, 7) is 2.13. The fraction of sp³-hybridized carbons (Fsp3) is 0.588. The maximum absolute atomic E-state index is 12.8. The summed E-state index contributed by atoms with van der Waals surface area (Å²) in [5.74, 6) is 2.17. The Labute approximate surface area is 119 Å². The van der Waals surface area contributed by atoms with Crippen LogP contribution in [0.2, 0.25) is 0 Å². The SMILES string of the molecule is C[C@H](NC(=O)Cc1ccc(F)cc1)[C@@H]1C[C@@H]2CC[C@@H]1C2. The van der Waals surface area contributed by atoms with Gasteiger partial charge in [0.15, 0.2) is 0 Å². The molecule has 0 spiro atoms. The van der Waals surface area contributed by atoms with Crippen molar-refractivity contribution in [2.24, 2.45) is 17.8 Å². The smallest absolute Gasteiger partial charge is 0.224 e. The molecule has 20 heavy (non-hydrogen) atoms. The molecule has 1 aromatic rings. The number of fused-ring (bicyclic) bond motifs is 2. The number of nitrogens with one attached hydrogen (secondary N) is 1. The standard InChI is InChI=1S/C17H22FNO/c1-11(16-9-13-2-5-14(16)8-13)19-17(20)10-12-3-6-15(18)7-4-12/h3-4,6-7,11,13-14,16H,2,5,8-10H2,1H3,(H,19,20)/t11-,13+,14+,16-/m0/s1. The Bertz CT molecular complexity index is 484. The van der Waals surface area contributed by atoms with Crippen molar-refractivity contribution in [3.8, 4) is 0 Å². The fourth-order valence-electron chi connectivity index (χ4n) is 4.11. The summed E-state index contributed by atoms with van der Waals surface area (Å²) >= 11 is 0. The van der Waals surface area contributed by atoms with Crippen LogP contribution in [0.5, 0.6) is 0 Å². The van der Waals surface area contributed by atoms with Gasteiger partial charge in [-0.25, -0.2) is 4.39 Å². The topological polar surface area (TPSA) is 29.1 Å². The lowest BCUT2D eigenvalue weighted by Gasteiger charge is -2.28. The van der Waals surface area contributed by atoms with Crippen LogP contribution in [-0.4, -0.2) is 11.9 Å². The Morgan fingerprint density at radius 3 is 2.65 bits per heavy atom. The number of hydrogen-bond acceptors (Lipinski definition) is 1. The molecule has 2 bridgehead atoms. The van der Waals surface area contributed by atoms with Crippen molar-refractivity contribution in [3.63, 3.8) is 0 Å². The number of amides is 1. The average molecular weight is 275 g/mol. The van der Waals surface area contributed by atoms with Gasteiger partial charge in [0.1, 0.15) is 5.82 Å². The van der Waals surface area contributed by atoms with Gasteiger partial charge in [0, 0.05) is 6.04 Å². The minimum Gasteiger partial charge on any atom is -0.353 e. The van der Waals surface area contributed by atoms with Crippen LogP contribution in [0.15, 0.2) is 24.3 Å². The van der Waals surface area contributed by atoms with E-state index in [0.29, 0.717) is 12.3 Å². The molecule has 3 heteroatoms. The van der Waals surface area contributed by atoms with Gasteiger partial charge in [-0.05, 0) is 61.6 Å². The lowest BCUT2D eigenvalue weighted by molar-refractivity contribution is -0.121. The van der Waals surface area contributed by atoms with E-state index < -0.39 is 0 Å². The van der Waals surface area contributed by atoms with Gasteiger partial charge in [-0.3, -0.25) is 4.79 Å². The van der Waals surface area contributed by atoms with Crippen LogP contribution in [0.1, 0.15) is 38.2 Å². The van der Waals surface area contributed by atoms with E-state index in [1.165, 1.54) is 37.8 Å². The third kappa shape index (κ3) is 2.87. The summed E-state index contributed by atoms with van der Waals surface area (Å²) in [4.78, 5) is 12.1. The second-order valence-corrected chi connectivity index (χ2v) is 6.50. The molecule has 2 nitrogen and oxygen atoms in total. The van der Waals surface area contributed by atoms with Gasteiger partial charge in [0.25, 0.3) is 0 Å². The molecule has 1 aromatic carbocycles. The minimum atomic E-state index is -0.260. The van der Waals surface area contributed by atoms with Crippen molar-refractivity contribution in [1.29, 1.82) is 0 Å². The summed E-state index contributed by atoms with van der Waals surface area (Å²) in [6.07, 6.45) is 5.71. The third-order valence-corrected chi connectivity index (χ3v) is 5.10. The first-order chi connectivity index (χ1) is 9.61. The number of carbonyl (C=O) groups is 1. The monoisotopic (exact) mass is 275 g/mol. The van der Waals surface area contributed by atoms with Crippen molar-refractivity contribution in [1.82, 2.24) is 5.32 Å². The van der Waals surface area contributed by atoms with Gasteiger partial charge < -0.3 is 5.32 Å². The Hall–Kier alpha value is -1.38. The molecular formula is C17H22FNO. The van der Waals surface area contributed by atoms with Crippen molar-refractivity contribution in [2.75, 3.05) is 0 Å². The molecule has 0 aliphatic heterocycles. The van der Waals surface area contributed by atoms with Crippen LogP contribution in [0.25, 0.3) is 0 Å². The predicted molar refractivity (Wildman–Crippen MR) is 76.6 cm³/mol. The van der Waals surface area contributed by atoms with E-state index in [-0.39, 0.29) is 17.8 Å². The van der Waals surface area contributed by atoms with Gasteiger partial charge in [-0.1, -0.05) is 18.6 Å². The van der Waals surface area contributed by atoms with Gasteiger partial charge in [0.2, 0.25) is 5.91 Å². The minimum absolute atomic E-state index is 0.0480. The molecule has 1 amide bonds. The maximum Gasteiger partial charge on any atom is 0.224 e. The number of rotatable bonds is 4. The molecule has 2 fully saturated rings. The second-order valence-electron chi connectivity index (χ2n) is 6.50. The highest BCUT2D eigenvalue weighted by atomic mass is 19.1. The first-order valence-electron chi connectivity index (χ1n) is 7.65. The zero-order chi connectivity index (χ0) is 14.1. The summed E-state index contributed by atoms with van der Waals surface area (Å²) in [6, 6.07) is 6.43. The van der Waals surface area contributed by atoms with Gasteiger partial charge in [0.05, 0.1) is 6.42 Å². The maximum atomic E-state index is 12.8. The molecule has 2 saturated carbocycles. The molecule has 1 N–H and O–H groups in total. The molecule has 0 aromatic heterocycles. The first-order valence-corrected chi connectivity index (χ1v) is 7.65. The molecule has 3 rings (SSSR count). The van der Waals surface area contributed by atoms with Crippen LogP contribution >= 0.6 is 0 Å². The van der Waals surface area contributed by atoms with Crippen LogP contribution < -0.4 is 5.32 Å². The number of halogens is 1. The predicted octanol–water partition coefficient (Wildman–Crippen LogP) is 3.31. The van der Waals surface area contributed by atoms with Crippen LogP contribution in [0, 0.1) is 23.6 Å². The number of carbonyl (C=O) groups excluding carboxylic acids is 1. The Morgan fingerprint density at radius 2 is 2.05 bits per heavy atom. The Balaban J connectivity index is 1.52. The average Bonchev–Trinajstić information content (AvgIpc) is 3.03. The Kier molecular flexibility index (Phi) is 3.77. The highest BCUT2D eigenvalue weighted by molar-refractivity contribution is 5.78. The van der Waals surface area contributed by atoms with E-state index in [2.05, 4.69) is 12.2 Å². The van der Waals surface area contributed by atoms with Crippen LogP contribution in [-0.2, 0) is 11.2 Å². The van der Waals surface area contributed by atoms with E-state index in [9.17, 15) is 9.18 Å². The van der Waals surface area contributed by atoms with Crippen LogP contribution in [0.3, 0.4) is 0 Å².